The lowest BCUT2D eigenvalue weighted by molar-refractivity contribution is -0.0209. The van der Waals surface area contributed by atoms with Gasteiger partial charge in [0.25, 0.3) is 0 Å². The minimum Gasteiger partial charge on any atom is -0.396 e. The van der Waals surface area contributed by atoms with Gasteiger partial charge in [0.1, 0.15) is 5.60 Å². The first-order valence-corrected chi connectivity index (χ1v) is 4.71. The molecule has 0 aromatic carbocycles. The van der Waals surface area contributed by atoms with Gasteiger partial charge in [-0.2, -0.15) is 0 Å². The molecule has 1 aromatic rings. The highest BCUT2D eigenvalue weighted by atomic mass is 16.5. The van der Waals surface area contributed by atoms with Gasteiger partial charge in [-0.25, -0.2) is 9.97 Å². The van der Waals surface area contributed by atoms with Crippen molar-refractivity contribution in [1.82, 2.24) is 9.97 Å². The van der Waals surface area contributed by atoms with Crippen molar-refractivity contribution in [1.29, 1.82) is 0 Å². The summed E-state index contributed by atoms with van der Waals surface area (Å²) >= 11 is 0. The van der Waals surface area contributed by atoms with E-state index in [2.05, 4.69) is 9.97 Å². The molecule has 0 saturated carbocycles. The summed E-state index contributed by atoms with van der Waals surface area (Å²) in [6.45, 7) is 8.34. The van der Waals surface area contributed by atoms with E-state index in [4.69, 9.17) is 10.5 Å². The van der Waals surface area contributed by atoms with E-state index < -0.39 is 5.60 Å². The molecular formula is C10H17N3O. The van der Waals surface area contributed by atoms with Gasteiger partial charge in [-0.3, -0.25) is 0 Å². The van der Waals surface area contributed by atoms with Crippen molar-refractivity contribution in [3.63, 3.8) is 0 Å². The Labute approximate surface area is 84.5 Å². The van der Waals surface area contributed by atoms with E-state index in [-0.39, 0.29) is 0 Å². The lowest BCUT2D eigenvalue weighted by Crippen LogP contribution is -2.25. The Morgan fingerprint density at radius 2 is 2.14 bits per heavy atom. The zero-order chi connectivity index (χ0) is 10.8. The van der Waals surface area contributed by atoms with Gasteiger partial charge in [0, 0.05) is 6.61 Å². The molecule has 0 saturated heterocycles. The zero-order valence-corrected chi connectivity index (χ0v) is 9.16. The van der Waals surface area contributed by atoms with Crippen molar-refractivity contribution in [2.24, 2.45) is 0 Å². The first-order chi connectivity index (χ1) is 6.47. The Morgan fingerprint density at radius 3 is 2.64 bits per heavy atom. The smallest absolute Gasteiger partial charge is 0.160 e. The summed E-state index contributed by atoms with van der Waals surface area (Å²) in [6, 6.07) is 0. The number of hydrogen-bond donors (Lipinski definition) is 1. The van der Waals surface area contributed by atoms with E-state index in [1.165, 1.54) is 0 Å². The normalized spacial score (nSPS) is 11.7. The van der Waals surface area contributed by atoms with Crippen LogP contribution in [-0.4, -0.2) is 16.6 Å². The molecular weight excluding hydrogens is 178 g/mol. The second-order valence-electron chi connectivity index (χ2n) is 3.68. The van der Waals surface area contributed by atoms with Crippen LogP contribution in [0.25, 0.3) is 0 Å². The number of rotatable bonds is 3. The number of anilines is 1. The Hall–Kier alpha value is -1.16. The number of nitrogens with two attached hydrogens (primary N) is 1. The predicted molar refractivity (Wildman–Crippen MR) is 55.8 cm³/mol. The molecule has 0 aliphatic rings. The zero-order valence-electron chi connectivity index (χ0n) is 9.16. The lowest BCUT2D eigenvalue weighted by atomic mass is 10.1. The van der Waals surface area contributed by atoms with Crippen molar-refractivity contribution in [3.8, 4) is 0 Å². The van der Waals surface area contributed by atoms with Crippen LogP contribution in [0.3, 0.4) is 0 Å². The van der Waals surface area contributed by atoms with Gasteiger partial charge in [0.15, 0.2) is 5.82 Å². The van der Waals surface area contributed by atoms with Crippen LogP contribution in [-0.2, 0) is 10.3 Å². The third-order valence-corrected chi connectivity index (χ3v) is 2.06. The topological polar surface area (TPSA) is 61.0 Å². The quantitative estimate of drug-likeness (QED) is 0.796. The SMILES string of the molecule is CCOC(C)(C)c1ncc(N)c(C)n1. The van der Waals surface area contributed by atoms with Crippen molar-refractivity contribution in [2.45, 2.75) is 33.3 Å². The van der Waals surface area contributed by atoms with Crippen LogP contribution < -0.4 is 5.73 Å². The number of nitrogens with zero attached hydrogens (tertiary/aromatic N) is 2. The maximum atomic E-state index is 5.64. The molecule has 0 aliphatic carbocycles. The summed E-state index contributed by atoms with van der Waals surface area (Å²) in [5.41, 5.74) is 6.60. The number of aryl methyl sites for hydroxylation is 1. The van der Waals surface area contributed by atoms with Crippen LogP contribution in [0.4, 0.5) is 5.69 Å². The minimum atomic E-state index is -0.451. The molecule has 1 rings (SSSR count). The largest absolute Gasteiger partial charge is 0.396 e. The maximum absolute atomic E-state index is 5.64. The van der Waals surface area contributed by atoms with E-state index in [0.717, 1.165) is 5.69 Å². The molecule has 78 valence electrons. The Balaban J connectivity index is 3.01. The fourth-order valence-corrected chi connectivity index (χ4v) is 1.19. The van der Waals surface area contributed by atoms with E-state index >= 15 is 0 Å². The van der Waals surface area contributed by atoms with E-state index in [0.29, 0.717) is 18.1 Å². The van der Waals surface area contributed by atoms with Crippen molar-refractivity contribution in [3.05, 3.63) is 17.7 Å². The predicted octanol–water partition coefficient (Wildman–Crippen LogP) is 1.64. The van der Waals surface area contributed by atoms with Crippen molar-refractivity contribution < 1.29 is 4.74 Å². The summed E-state index contributed by atoms with van der Waals surface area (Å²) in [6.07, 6.45) is 1.62. The van der Waals surface area contributed by atoms with Gasteiger partial charge >= 0.3 is 0 Å². The van der Waals surface area contributed by atoms with Crippen LogP contribution in [0.2, 0.25) is 0 Å². The maximum Gasteiger partial charge on any atom is 0.160 e. The summed E-state index contributed by atoms with van der Waals surface area (Å²) in [5, 5.41) is 0. The number of ether oxygens (including phenoxy) is 1. The van der Waals surface area contributed by atoms with Gasteiger partial charge in [-0.05, 0) is 27.7 Å². The molecule has 0 spiro atoms. The Bertz CT molecular complexity index is 323. The van der Waals surface area contributed by atoms with Gasteiger partial charge < -0.3 is 10.5 Å². The lowest BCUT2D eigenvalue weighted by Gasteiger charge is -2.23. The highest BCUT2D eigenvalue weighted by Crippen LogP contribution is 2.21. The highest BCUT2D eigenvalue weighted by molar-refractivity contribution is 5.39. The first kappa shape index (κ1) is 10.9. The van der Waals surface area contributed by atoms with Gasteiger partial charge in [-0.15, -0.1) is 0 Å². The fourth-order valence-electron chi connectivity index (χ4n) is 1.19. The van der Waals surface area contributed by atoms with Crippen molar-refractivity contribution in [2.75, 3.05) is 12.3 Å². The second kappa shape index (κ2) is 3.92. The Morgan fingerprint density at radius 1 is 1.50 bits per heavy atom. The molecule has 0 fully saturated rings. The third kappa shape index (κ3) is 2.20. The molecule has 0 bridgehead atoms. The van der Waals surface area contributed by atoms with Gasteiger partial charge in [0.05, 0.1) is 17.6 Å². The Kier molecular flexibility index (Phi) is 3.06. The van der Waals surface area contributed by atoms with E-state index in [1.54, 1.807) is 6.20 Å². The molecule has 1 heterocycles. The molecule has 2 N–H and O–H groups in total. The second-order valence-corrected chi connectivity index (χ2v) is 3.68. The summed E-state index contributed by atoms with van der Waals surface area (Å²) in [7, 11) is 0. The monoisotopic (exact) mass is 195 g/mol. The summed E-state index contributed by atoms with van der Waals surface area (Å²) < 4.78 is 5.54. The number of aromatic nitrogens is 2. The molecule has 0 atom stereocenters. The highest BCUT2D eigenvalue weighted by Gasteiger charge is 2.24. The van der Waals surface area contributed by atoms with Gasteiger partial charge in [0.2, 0.25) is 0 Å². The summed E-state index contributed by atoms with van der Waals surface area (Å²) in [5.74, 6) is 0.672. The average molecular weight is 195 g/mol. The third-order valence-electron chi connectivity index (χ3n) is 2.06. The van der Waals surface area contributed by atoms with Crippen LogP contribution >= 0.6 is 0 Å². The molecule has 0 aliphatic heterocycles. The average Bonchev–Trinajstić information content (AvgIpc) is 2.09. The van der Waals surface area contributed by atoms with E-state index in [9.17, 15) is 0 Å². The van der Waals surface area contributed by atoms with Crippen LogP contribution in [0.1, 0.15) is 32.3 Å². The van der Waals surface area contributed by atoms with Crippen LogP contribution in [0.5, 0.6) is 0 Å². The van der Waals surface area contributed by atoms with Gasteiger partial charge in [-0.1, -0.05) is 0 Å². The molecule has 4 nitrogen and oxygen atoms in total. The molecule has 0 amide bonds. The molecule has 1 aromatic heterocycles. The van der Waals surface area contributed by atoms with Crippen LogP contribution in [0, 0.1) is 6.92 Å². The van der Waals surface area contributed by atoms with Crippen LogP contribution in [0.15, 0.2) is 6.20 Å². The van der Waals surface area contributed by atoms with Crippen molar-refractivity contribution >= 4 is 5.69 Å². The summed E-state index contributed by atoms with van der Waals surface area (Å²) in [4.78, 5) is 8.47. The fraction of sp³-hybridized carbons (Fsp3) is 0.600. The molecule has 14 heavy (non-hydrogen) atoms. The first-order valence-electron chi connectivity index (χ1n) is 4.71. The van der Waals surface area contributed by atoms with E-state index in [1.807, 2.05) is 27.7 Å². The number of nitrogen functional groups attached to an aromatic ring is 1. The number of hydrogen-bond acceptors (Lipinski definition) is 4. The molecule has 0 unspecified atom stereocenters. The minimum absolute atomic E-state index is 0.451. The molecule has 0 radical (unpaired) electrons. The molecule has 4 heteroatoms. The standard InChI is InChI=1S/C10H17N3O/c1-5-14-10(3,4)9-12-6-8(11)7(2)13-9/h6H,5,11H2,1-4H3.